The van der Waals surface area contributed by atoms with Crippen LogP contribution in [-0.2, 0) is 11.2 Å². The van der Waals surface area contributed by atoms with Crippen molar-refractivity contribution < 1.29 is 9.84 Å². The number of benzene rings is 1. The van der Waals surface area contributed by atoms with Crippen molar-refractivity contribution in [2.75, 3.05) is 26.7 Å². The molecule has 2 rings (SSSR count). The second-order valence-corrected chi connectivity index (χ2v) is 6.02. The third-order valence-electron chi connectivity index (χ3n) is 4.02. The summed E-state index contributed by atoms with van der Waals surface area (Å²) in [4.78, 5) is 4.24. The molecule has 0 spiro atoms. The first kappa shape index (κ1) is 20.0. The number of aromatic hydroxyl groups is 1. The largest absolute Gasteiger partial charge is 0.508 e. The summed E-state index contributed by atoms with van der Waals surface area (Å²) in [6, 6.07) is 7.37. The number of aryl methyl sites for hydroxylation is 1. The number of rotatable bonds is 6. The summed E-state index contributed by atoms with van der Waals surface area (Å²) in [5.74, 6) is 1.14. The minimum Gasteiger partial charge on any atom is -0.508 e. The molecule has 0 saturated carbocycles. The van der Waals surface area contributed by atoms with Gasteiger partial charge in [0.1, 0.15) is 5.75 Å². The molecular formula is C17H28IN3O2. The van der Waals surface area contributed by atoms with Gasteiger partial charge in [0.05, 0.1) is 5.60 Å². The number of halogens is 1. The van der Waals surface area contributed by atoms with Crippen LogP contribution in [0.5, 0.6) is 5.75 Å². The molecule has 1 aromatic rings. The second-order valence-electron chi connectivity index (χ2n) is 6.02. The standard InChI is InChI=1S/C17H27N3O2.HI/c1-17(10-4-12-22-17)13-20-16(18-2)19-11-3-5-14-6-8-15(21)9-7-14;/h6-9,21H,3-5,10-13H2,1-2H3,(H2,18,19,20);1H. The Morgan fingerprint density at radius 2 is 2.04 bits per heavy atom. The van der Waals surface area contributed by atoms with Crippen molar-refractivity contribution in [1.82, 2.24) is 10.6 Å². The number of hydrogen-bond donors (Lipinski definition) is 3. The molecular weight excluding hydrogens is 405 g/mol. The van der Waals surface area contributed by atoms with Crippen LogP contribution in [0.1, 0.15) is 31.7 Å². The maximum Gasteiger partial charge on any atom is 0.191 e. The van der Waals surface area contributed by atoms with E-state index in [1.165, 1.54) is 5.56 Å². The molecule has 0 amide bonds. The van der Waals surface area contributed by atoms with E-state index >= 15 is 0 Å². The number of aliphatic imine (C=N–C) groups is 1. The molecule has 0 radical (unpaired) electrons. The van der Waals surface area contributed by atoms with Crippen LogP contribution in [0.3, 0.4) is 0 Å². The van der Waals surface area contributed by atoms with Gasteiger partial charge in [-0.05, 0) is 50.3 Å². The minimum absolute atomic E-state index is 0. The van der Waals surface area contributed by atoms with Gasteiger partial charge in [0.25, 0.3) is 0 Å². The first-order valence-corrected chi connectivity index (χ1v) is 7.98. The predicted molar refractivity (Wildman–Crippen MR) is 105 cm³/mol. The molecule has 6 heteroatoms. The predicted octanol–water partition coefficient (Wildman–Crippen LogP) is 2.68. The monoisotopic (exact) mass is 433 g/mol. The molecule has 1 aliphatic heterocycles. The molecule has 0 aromatic heterocycles. The Kier molecular flexibility index (Phi) is 8.68. The molecule has 130 valence electrons. The van der Waals surface area contributed by atoms with Gasteiger partial charge in [-0.15, -0.1) is 24.0 Å². The Morgan fingerprint density at radius 3 is 2.65 bits per heavy atom. The van der Waals surface area contributed by atoms with E-state index in [1.807, 2.05) is 12.1 Å². The van der Waals surface area contributed by atoms with Crippen LogP contribution in [0.4, 0.5) is 0 Å². The lowest BCUT2D eigenvalue weighted by Gasteiger charge is -2.24. The van der Waals surface area contributed by atoms with E-state index < -0.39 is 0 Å². The van der Waals surface area contributed by atoms with Gasteiger partial charge < -0.3 is 20.5 Å². The third kappa shape index (κ3) is 6.95. The van der Waals surface area contributed by atoms with Gasteiger partial charge in [-0.2, -0.15) is 0 Å². The van der Waals surface area contributed by atoms with Crippen LogP contribution >= 0.6 is 24.0 Å². The summed E-state index contributed by atoms with van der Waals surface area (Å²) in [6.07, 6.45) is 4.22. The van der Waals surface area contributed by atoms with Gasteiger partial charge in [-0.3, -0.25) is 4.99 Å². The highest BCUT2D eigenvalue weighted by atomic mass is 127. The van der Waals surface area contributed by atoms with Crippen LogP contribution in [0, 0.1) is 0 Å². The molecule has 1 fully saturated rings. The molecule has 1 unspecified atom stereocenters. The highest BCUT2D eigenvalue weighted by Gasteiger charge is 2.29. The summed E-state index contributed by atoms with van der Waals surface area (Å²) < 4.78 is 5.76. The van der Waals surface area contributed by atoms with Crippen molar-refractivity contribution in [1.29, 1.82) is 0 Å². The van der Waals surface area contributed by atoms with Crippen LogP contribution in [0.25, 0.3) is 0 Å². The molecule has 3 N–H and O–H groups in total. The van der Waals surface area contributed by atoms with Crippen LogP contribution in [0.2, 0.25) is 0 Å². The maximum absolute atomic E-state index is 9.26. The summed E-state index contributed by atoms with van der Waals surface area (Å²) in [5, 5.41) is 15.9. The molecule has 0 aliphatic carbocycles. The Labute approximate surface area is 155 Å². The fourth-order valence-corrected chi connectivity index (χ4v) is 2.63. The number of ether oxygens (including phenoxy) is 1. The lowest BCUT2D eigenvalue weighted by Crippen LogP contribution is -2.45. The average Bonchev–Trinajstić information content (AvgIpc) is 2.95. The third-order valence-corrected chi connectivity index (χ3v) is 4.02. The van der Waals surface area contributed by atoms with Crippen molar-refractivity contribution in [2.45, 2.75) is 38.2 Å². The Bertz CT molecular complexity index is 485. The number of nitrogens with zero attached hydrogens (tertiary/aromatic N) is 1. The first-order chi connectivity index (χ1) is 10.6. The van der Waals surface area contributed by atoms with E-state index in [1.54, 1.807) is 19.2 Å². The van der Waals surface area contributed by atoms with E-state index in [9.17, 15) is 5.11 Å². The SMILES string of the molecule is CN=C(NCCCc1ccc(O)cc1)NCC1(C)CCCO1.I. The van der Waals surface area contributed by atoms with Gasteiger partial charge in [-0.1, -0.05) is 12.1 Å². The number of phenolic OH excluding ortho intramolecular Hbond substituents is 1. The van der Waals surface area contributed by atoms with Crippen molar-refractivity contribution >= 4 is 29.9 Å². The average molecular weight is 433 g/mol. The summed E-state index contributed by atoms with van der Waals surface area (Å²) in [6.45, 7) is 4.64. The highest BCUT2D eigenvalue weighted by molar-refractivity contribution is 14.0. The van der Waals surface area contributed by atoms with Gasteiger partial charge in [-0.25, -0.2) is 0 Å². The fourth-order valence-electron chi connectivity index (χ4n) is 2.63. The molecule has 1 saturated heterocycles. The first-order valence-electron chi connectivity index (χ1n) is 7.98. The Morgan fingerprint density at radius 1 is 1.30 bits per heavy atom. The second kappa shape index (κ2) is 9.97. The molecule has 1 heterocycles. The molecule has 0 bridgehead atoms. The minimum atomic E-state index is -0.0658. The van der Waals surface area contributed by atoms with E-state index in [0.29, 0.717) is 5.75 Å². The lowest BCUT2D eigenvalue weighted by atomic mass is 10.0. The molecule has 5 nitrogen and oxygen atoms in total. The van der Waals surface area contributed by atoms with E-state index in [0.717, 1.165) is 51.3 Å². The summed E-state index contributed by atoms with van der Waals surface area (Å²) >= 11 is 0. The summed E-state index contributed by atoms with van der Waals surface area (Å²) in [5.41, 5.74) is 1.17. The van der Waals surface area contributed by atoms with Gasteiger partial charge >= 0.3 is 0 Å². The van der Waals surface area contributed by atoms with Gasteiger partial charge in [0.2, 0.25) is 0 Å². The van der Waals surface area contributed by atoms with E-state index in [4.69, 9.17) is 4.74 Å². The topological polar surface area (TPSA) is 65.9 Å². The van der Waals surface area contributed by atoms with Gasteiger partial charge in [0, 0.05) is 26.7 Å². The smallest absolute Gasteiger partial charge is 0.191 e. The lowest BCUT2D eigenvalue weighted by molar-refractivity contribution is 0.0243. The van der Waals surface area contributed by atoms with Crippen LogP contribution in [0.15, 0.2) is 29.3 Å². The number of nitrogens with one attached hydrogen (secondary N) is 2. The zero-order valence-corrected chi connectivity index (χ0v) is 16.3. The summed E-state index contributed by atoms with van der Waals surface area (Å²) in [7, 11) is 1.78. The van der Waals surface area contributed by atoms with Crippen molar-refractivity contribution in [3.63, 3.8) is 0 Å². The number of phenols is 1. The Hall–Kier alpha value is -1.02. The normalized spacial score (nSPS) is 20.9. The Balaban J connectivity index is 0.00000264. The fraction of sp³-hybridized carbons (Fsp3) is 0.588. The number of hydrogen-bond acceptors (Lipinski definition) is 3. The number of guanidine groups is 1. The molecule has 1 aromatic carbocycles. The maximum atomic E-state index is 9.26. The van der Waals surface area contributed by atoms with Crippen molar-refractivity contribution in [3.05, 3.63) is 29.8 Å². The van der Waals surface area contributed by atoms with Crippen LogP contribution in [-0.4, -0.2) is 43.4 Å². The zero-order chi connectivity index (χ0) is 15.8. The molecule has 1 atom stereocenters. The van der Waals surface area contributed by atoms with Crippen molar-refractivity contribution in [3.8, 4) is 5.75 Å². The van der Waals surface area contributed by atoms with E-state index in [-0.39, 0.29) is 29.6 Å². The van der Waals surface area contributed by atoms with E-state index in [2.05, 4.69) is 22.5 Å². The zero-order valence-electron chi connectivity index (χ0n) is 14.0. The quantitative estimate of drug-likeness (QED) is 0.279. The molecule has 1 aliphatic rings. The van der Waals surface area contributed by atoms with Crippen molar-refractivity contribution in [2.24, 2.45) is 4.99 Å². The highest BCUT2D eigenvalue weighted by Crippen LogP contribution is 2.23. The van der Waals surface area contributed by atoms with Gasteiger partial charge in [0.15, 0.2) is 5.96 Å². The van der Waals surface area contributed by atoms with Crippen LogP contribution < -0.4 is 10.6 Å². The molecule has 23 heavy (non-hydrogen) atoms.